The molecule has 4 nitrogen and oxygen atoms in total. The second-order valence-electron chi connectivity index (χ2n) is 4.12. The minimum Gasteiger partial charge on any atom is -0.475 e. The third-order valence-electron chi connectivity index (χ3n) is 2.65. The number of hydrogen-bond donors (Lipinski definition) is 1. The summed E-state index contributed by atoms with van der Waals surface area (Å²) in [6.07, 6.45) is 0. The number of rotatable bonds is 5. The SMILES string of the molecule is Cc1oc(C(=O)O)cc1COCc1cccc(Br)c1. The highest BCUT2D eigenvalue weighted by Gasteiger charge is 2.12. The van der Waals surface area contributed by atoms with Crippen LogP contribution in [0.3, 0.4) is 0 Å². The molecule has 0 bridgehead atoms. The van der Waals surface area contributed by atoms with Crippen molar-refractivity contribution in [3.05, 3.63) is 57.5 Å². The molecule has 1 heterocycles. The molecule has 100 valence electrons. The van der Waals surface area contributed by atoms with Crippen molar-refractivity contribution >= 4 is 21.9 Å². The standard InChI is InChI=1S/C14H13BrO4/c1-9-11(6-13(19-9)14(16)17)8-18-7-10-3-2-4-12(15)5-10/h2-6H,7-8H2,1H3,(H,16,17). The fourth-order valence-electron chi connectivity index (χ4n) is 1.67. The van der Waals surface area contributed by atoms with Crippen molar-refractivity contribution < 1.29 is 19.1 Å². The number of aryl methyl sites for hydroxylation is 1. The zero-order valence-corrected chi connectivity index (χ0v) is 11.9. The van der Waals surface area contributed by atoms with Gasteiger partial charge in [0, 0.05) is 10.0 Å². The second kappa shape index (κ2) is 6.04. The van der Waals surface area contributed by atoms with Crippen molar-refractivity contribution in [2.75, 3.05) is 0 Å². The van der Waals surface area contributed by atoms with Crippen LogP contribution in [0.2, 0.25) is 0 Å². The van der Waals surface area contributed by atoms with E-state index in [0.29, 0.717) is 19.0 Å². The molecular weight excluding hydrogens is 312 g/mol. The molecule has 0 amide bonds. The molecule has 0 unspecified atom stereocenters. The highest BCUT2D eigenvalue weighted by atomic mass is 79.9. The van der Waals surface area contributed by atoms with Crippen LogP contribution in [0.4, 0.5) is 0 Å². The van der Waals surface area contributed by atoms with Gasteiger partial charge in [0.1, 0.15) is 5.76 Å². The fraction of sp³-hybridized carbons (Fsp3) is 0.214. The Morgan fingerprint density at radius 3 is 2.79 bits per heavy atom. The molecule has 1 N–H and O–H groups in total. The largest absolute Gasteiger partial charge is 0.475 e. The summed E-state index contributed by atoms with van der Waals surface area (Å²) in [6, 6.07) is 9.33. The number of halogens is 1. The van der Waals surface area contributed by atoms with Gasteiger partial charge in [0.25, 0.3) is 0 Å². The van der Waals surface area contributed by atoms with Crippen LogP contribution >= 0.6 is 15.9 Å². The molecular formula is C14H13BrO4. The molecule has 0 saturated heterocycles. The summed E-state index contributed by atoms with van der Waals surface area (Å²) < 4.78 is 11.7. The van der Waals surface area contributed by atoms with Crippen molar-refractivity contribution in [2.24, 2.45) is 0 Å². The predicted molar refractivity (Wildman–Crippen MR) is 73.0 cm³/mol. The summed E-state index contributed by atoms with van der Waals surface area (Å²) in [6.45, 7) is 2.52. The summed E-state index contributed by atoms with van der Waals surface area (Å²) in [7, 11) is 0. The van der Waals surface area contributed by atoms with Crippen LogP contribution in [0.15, 0.2) is 39.2 Å². The maximum Gasteiger partial charge on any atom is 0.371 e. The van der Waals surface area contributed by atoms with Crippen LogP contribution in [0.1, 0.15) is 27.4 Å². The number of carboxylic acids is 1. The average molecular weight is 325 g/mol. The Morgan fingerprint density at radius 2 is 2.16 bits per heavy atom. The Balaban J connectivity index is 1.94. The number of furan rings is 1. The van der Waals surface area contributed by atoms with Crippen molar-refractivity contribution in [2.45, 2.75) is 20.1 Å². The molecule has 19 heavy (non-hydrogen) atoms. The van der Waals surface area contributed by atoms with Gasteiger partial charge in [0.15, 0.2) is 0 Å². The van der Waals surface area contributed by atoms with Gasteiger partial charge in [0.05, 0.1) is 13.2 Å². The molecule has 0 atom stereocenters. The van der Waals surface area contributed by atoms with Gasteiger partial charge in [-0.1, -0.05) is 28.1 Å². The molecule has 2 aromatic rings. The minimum absolute atomic E-state index is 0.0569. The number of benzene rings is 1. The van der Waals surface area contributed by atoms with E-state index in [9.17, 15) is 4.79 Å². The maximum atomic E-state index is 10.8. The second-order valence-corrected chi connectivity index (χ2v) is 5.04. The lowest BCUT2D eigenvalue weighted by atomic mass is 10.2. The summed E-state index contributed by atoms with van der Waals surface area (Å²) in [5.41, 5.74) is 1.81. The number of carbonyl (C=O) groups is 1. The van der Waals surface area contributed by atoms with E-state index in [0.717, 1.165) is 15.6 Å². The van der Waals surface area contributed by atoms with Crippen molar-refractivity contribution in [3.8, 4) is 0 Å². The zero-order valence-electron chi connectivity index (χ0n) is 10.4. The van der Waals surface area contributed by atoms with E-state index in [1.807, 2.05) is 24.3 Å². The van der Waals surface area contributed by atoms with Crippen molar-refractivity contribution in [3.63, 3.8) is 0 Å². The van der Waals surface area contributed by atoms with Crippen LogP contribution < -0.4 is 0 Å². The predicted octanol–water partition coefficient (Wildman–Crippen LogP) is 3.77. The fourth-order valence-corrected chi connectivity index (χ4v) is 2.12. The Morgan fingerprint density at radius 1 is 1.37 bits per heavy atom. The van der Waals surface area contributed by atoms with Gasteiger partial charge in [-0.15, -0.1) is 0 Å². The van der Waals surface area contributed by atoms with E-state index >= 15 is 0 Å². The normalized spacial score (nSPS) is 10.6. The van der Waals surface area contributed by atoms with Gasteiger partial charge >= 0.3 is 5.97 Å². The quantitative estimate of drug-likeness (QED) is 0.909. The van der Waals surface area contributed by atoms with E-state index in [1.165, 1.54) is 6.07 Å². The van der Waals surface area contributed by atoms with Crippen LogP contribution in [0.25, 0.3) is 0 Å². The first-order valence-corrected chi connectivity index (χ1v) is 6.50. The van der Waals surface area contributed by atoms with Gasteiger partial charge in [-0.05, 0) is 30.7 Å². The Labute approximate surface area is 119 Å². The lowest BCUT2D eigenvalue weighted by Gasteiger charge is -2.04. The Kier molecular flexibility index (Phi) is 4.39. The molecule has 1 aromatic carbocycles. The van der Waals surface area contributed by atoms with E-state index in [4.69, 9.17) is 14.3 Å². The first-order chi connectivity index (χ1) is 9.06. The number of carboxylic acid groups (broad SMARTS) is 1. The monoisotopic (exact) mass is 324 g/mol. The maximum absolute atomic E-state index is 10.8. The lowest BCUT2D eigenvalue weighted by molar-refractivity contribution is 0.0661. The van der Waals surface area contributed by atoms with E-state index < -0.39 is 5.97 Å². The van der Waals surface area contributed by atoms with Crippen LogP contribution in [0, 0.1) is 6.92 Å². The summed E-state index contributed by atoms with van der Waals surface area (Å²) in [5.74, 6) is -0.550. The van der Waals surface area contributed by atoms with Crippen molar-refractivity contribution in [1.29, 1.82) is 0 Å². The summed E-state index contributed by atoms with van der Waals surface area (Å²) in [4.78, 5) is 10.8. The molecule has 2 rings (SSSR count). The lowest BCUT2D eigenvalue weighted by Crippen LogP contribution is -1.95. The minimum atomic E-state index is -1.07. The molecule has 5 heteroatoms. The molecule has 0 aliphatic rings. The first-order valence-electron chi connectivity index (χ1n) is 5.71. The number of hydrogen-bond acceptors (Lipinski definition) is 3. The van der Waals surface area contributed by atoms with Gasteiger partial charge < -0.3 is 14.3 Å². The van der Waals surface area contributed by atoms with Crippen LogP contribution in [-0.2, 0) is 18.0 Å². The smallest absolute Gasteiger partial charge is 0.371 e. The Hall–Kier alpha value is -1.59. The van der Waals surface area contributed by atoms with Gasteiger partial charge in [-0.25, -0.2) is 4.79 Å². The summed E-state index contributed by atoms with van der Waals surface area (Å²) >= 11 is 3.39. The van der Waals surface area contributed by atoms with Crippen LogP contribution in [-0.4, -0.2) is 11.1 Å². The molecule has 0 aliphatic carbocycles. The van der Waals surface area contributed by atoms with E-state index in [-0.39, 0.29) is 5.76 Å². The molecule has 0 radical (unpaired) electrons. The molecule has 0 saturated carbocycles. The van der Waals surface area contributed by atoms with Crippen molar-refractivity contribution in [1.82, 2.24) is 0 Å². The zero-order chi connectivity index (χ0) is 13.8. The van der Waals surface area contributed by atoms with Gasteiger partial charge in [-0.3, -0.25) is 0 Å². The van der Waals surface area contributed by atoms with E-state index in [1.54, 1.807) is 6.92 Å². The molecule has 0 aliphatic heterocycles. The third-order valence-corrected chi connectivity index (χ3v) is 3.14. The molecule has 0 spiro atoms. The molecule has 1 aromatic heterocycles. The Bertz CT molecular complexity index is 589. The van der Waals surface area contributed by atoms with E-state index in [2.05, 4.69) is 15.9 Å². The number of ether oxygens (including phenoxy) is 1. The number of aromatic carboxylic acids is 1. The molecule has 0 fully saturated rings. The van der Waals surface area contributed by atoms with Crippen LogP contribution in [0.5, 0.6) is 0 Å². The van der Waals surface area contributed by atoms with Gasteiger partial charge in [-0.2, -0.15) is 0 Å². The average Bonchev–Trinajstić information content (AvgIpc) is 2.71. The first kappa shape index (κ1) is 13.8. The third kappa shape index (κ3) is 3.68. The van der Waals surface area contributed by atoms with Gasteiger partial charge in [0.2, 0.25) is 5.76 Å². The highest BCUT2D eigenvalue weighted by molar-refractivity contribution is 9.10. The topological polar surface area (TPSA) is 59.7 Å². The highest BCUT2D eigenvalue weighted by Crippen LogP contribution is 2.17. The summed E-state index contributed by atoms with van der Waals surface area (Å²) in [5, 5.41) is 8.82.